The highest BCUT2D eigenvalue weighted by Crippen LogP contribution is 2.26. The van der Waals surface area contributed by atoms with E-state index in [1.165, 1.54) is 5.56 Å². The van der Waals surface area contributed by atoms with Crippen molar-refractivity contribution in [2.45, 2.75) is 19.8 Å². The lowest BCUT2D eigenvalue weighted by molar-refractivity contribution is 0.101. The summed E-state index contributed by atoms with van der Waals surface area (Å²) in [7, 11) is 0. The Kier molecular flexibility index (Phi) is 3.91. The number of ether oxygens (including phenoxy) is 2. The van der Waals surface area contributed by atoms with Crippen LogP contribution in [0.25, 0.3) is 0 Å². The number of benzene rings is 2. The summed E-state index contributed by atoms with van der Waals surface area (Å²) in [5.41, 5.74) is 3.28. The van der Waals surface area contributed by atoms with Gasteiger partial charge in [0.25, 0.3) is 0 Å². The van der Waals surface area contributed by atoms with Crippen LogP contribution in [0.3, 0.4) is 0 Å². The Bertz CT molecular complexity index is 638. The highest BCUT2D eigenvalue weighted by atomic mass is 16.5. The molecule has 0 spiro atoms. The van der Waals surface area contributed by atoms with Crippen LogP contribution in [0.4, 0.5) is 0 Å². The highest BCUT2D eigenvalue weighted by Gasteiger charge is 2.12. The van der Waals surface area contributed by atoms with Crippen LogP contribution in [0, 0.1) is 0 Å². The average Bonchev–Trinajstić information content (AvgIpc) is 3.15. The van der Waals surface area contributed by atoms with Crippen LogP contribution >= 0.6 is 0 Å². The number of Topliss-reactive ketones (excluding diaryl/α,β-unsaturated/α-hetero) is 1. The van der Waals surface area contributed by atoms with E-state index < -0.39 is 0 Å². The van der Waals surface area contributed by atoms with E-state index >= 15 is 0 Å². The molecule has 0 aliphatic carbocycles. The third-order valence-electron chi connectivity index (χ3n) is 3.70. The number of para-hydroxylation sites is 1. The lowest BCUT2D eigenvalue weighted by atomic mass is 10.1. The molecule has 3 nitrogen and oxygen atoms in total. The van der Waals surface area contributed by atoms with Gasteiger partial charge in [0.05, 0.1) is 13.2 Å². The Balaban J connectivity index is 0.000000131. The van der Waals surface area contributed by atoms with Gasteiger partial charge < -0.3 is 9.47 Å². The van der Waals surface area contributed by atoms with Gasteiger partial charge in [0.2, 0.25) is 0 Å². The minimum absolute atomic E-state index is 0.115. The van der Waals surface area contributed by atoms with Crippen LogP contribution < -0.4 is 9.47 Å². The summed E-state index contributed by atoms with van der Waals surface area (Å²) in [6.45, 7) is 3.19. The second kappa shape index (κ2) is 6.00. The third kappa shape index (κ3) is 3.07. The van der Waals surface area contributed by atoms with Gasteiger partial charge in [-0.05, 0) is 42.3 Å². The molecule has 2 heterocycles. The van der Waals surface area contributed by atoms with Crippen LogP contribution in [-0.2, 0) is 12.8 Å². The standard InChI is InChI=1S/C10H10O2.C8H8O/c1-7(11)8-2-3-10-9(6-8)4-5-12-10;1-2-4-8-7(3-1)5-6-9-8/h2-3,6H,4-5H2,1H3;1-4H,5-6H2. The van der Waals surface area contributed by atoms with E-state index in [9.17, 15) is 4.79 Å². The predicted molar refractivity (Wildman–Crippen MR) is 81.3 cm³/mol. The molecule has 0 atom stereocenters. The highest BCUT2D eigenvalue weighted by molar-refractivity contribution is 5.94. The van der Waals surface area contributed by atoms with Crippen molar-refractivity contribution in [1.29, 1.82) is 0 Å². The summed E-state index contributed by atoms with van der Waals surface area (Å²) in [5.74, 6) is 2.11. The molecule has 0 bridgehead atoms. The summed E-state index contributed by atoms with van der Waals surface area (Å²) in [6, 6.07) is 13.8. The van der Waals surface area contributed by atoms with Gasteiger partial charge in [-0.2, -0.15) is 0 Å². The van der Waals surface area contributed by atoms with E-state index in [1.807, 2.05) is 36.4 Å². The fraction of sp³-hybridized carbons (Fsp3) is 0.278. The van der Waals surface area contributed by atoms with Crippen LogP contribution in [0.5, 0.6) is 11.5 Å². The summed E-state index contributed by atoms with van der Waals surface area (Å²) >= 11 is 0. The topological polar surface area (TPSA) is 35.5 Å². The zero-order chi connectivity index (χ0) is 14.7. The molecule has 108 valence electrons. The molecule has 4 rings (SSSR count). The fourth-order valence-electron chi connectivity index (χ4n) is 2.53. The lowest BCUT2D eigenvalue weighted by Gasteiger charge is -1.99. The lowest BCUT2D eigenvalue weighted by Crippen LogP contribution is -1.92. The molecule has 0 radical (unpaired) electrons. The molecular formula is C18H18O3. The van der Waals surface area contributed by atoms with E-state index in [0.717, 1.165) is 48.7 Å². The van der Waals surface area contributed by atoms with Gasteiger partial charge in [0.1, 0.15) is 11.5 Å². The first kappa shape index (κ1) is 13.7. The second-order valence-corrected chi connectivity index (χ2v) is 5.18. The second-order valence-electron chi connectivity index (χ2n) is 5.18. The monoisotopic (exact) mass is 282 g/mol. The zero-order valence-electron chi connectivity index (χ0n) is 12.1. The first-order valence-electron chi connectivity index (χ1n) is 7.21. The predicted octanol–water partition coefficient (Wildman–Crippen LogP) is 3.45. The molecule has 2 aromatic rings. The maximum atomic E-state index is 11.0. The first-order chi connectivity index (χ1) is 10.2. The van der Waals surface area contributed by atoms with E-state index in [-0.39, 0.29) is 5.78 Å². The maximum absolute atomic E-state index is 11.0. The molecule has 0 N–H and O–H groups in total. The SMILES string of the molecule is CC(=O)c1ccc2c(c1)CCO2.c1ccc2c(c1)CCO2. The van der Waals surface area contributed by atoms with Gasteiger partial charge in [0.15, 0.2) is 5.78 Å². The van der Waals surface area contributed by atoms with Gasteiger partial charge in [-0.1, -0.05) is 18.2 Å². The molecule has 0 aromatic heterocycles. The largest absolute Gasteiger partial charge is 0.493 e. The van der Waals surface area contributed by atoms with Crippen LogP contribution in [0.2, 0.25) is 0 Å². The normalized spacial score (nSPS) is 14.1. The minimum Gasteiger partial charge on any atom is -0.493 e. The summed E-state index contributed by atoms with van der Waals surface area (Å²) in [4.78, 5) is 11.0. The molecular weight excluding hydrogens is 264 g/mol. The molecule has 0 saturated carbocycles. The number of hydrogen-bond donors (Lipinski definition) is 0. The van der Waals surface area contributed by atoms with Crippen LogP contribution in [-0.4, -0.2) is 19.0 Å². The first-order valence-corrected chi connectivity index (χ1v) is 7.21. The summed E-state index contributed by atoms with van der Waals surface area (Å²) < 4.78 is 10.6. The molecule has 0 unspecified atom stereocenters. The molecule has 2 aromatic carbocycles. The van der Waals surface area contributed by atoms with Crippen molar-refractivity contribution in [3.8, 4) is 11.5 Å². The van der Waals surface area contributed by atoms with Gasteiger partial charge in [0, 0.05) is 18.4 Å². The molecule has 0 fully saturated rings. The van der Waals surface area contributed by atoms with Crippen molar-refractivity contribution in [2.75, 3.05) is 13.2 Å². The van der Waals surface area contributed by atoms with E-state index in [1.54, 1.807) is 6.92 Å². The van der Waals surface area contributed by atoms with Crippen molar-refractivity contribution >= 4 is 5.78 Å². The number of carbonyl (C=O) groups excluding carboxylic acids is 1. The van der Waals surface area contributed by atoms with Crippen molar-refractivity contribution in [1.82, 2.24) is 0 Å². The van der Waals surface area contributed by atoms with E-state index in [4.69, 9.17) is 9.47 Å². The Labute approximate surface area is 124 Å². The van der Waals surface area contributed by atoms with Gasteiger partial charge >= 0.3 is 0 Å². The van der Waals surface area contributed by atoms with Crippen molar-refractivity contribution in [3.63, 3.8) is 0 Å². The quantitative estimate of drug-likeness (QED) is 0.752. The fourth-order valence-corrected chi connectivity index (χ4v) is 2.53. The summed E-state index contributed by atoms with van der Waals surface area (Å²) in [5, 5.41) is 0. The Morgan fingerprint density at radius 2 is 1.57 bits per heavy atom. The number of rotatable bonds is 1. The van der Waals surface area contributed by atoms with Gasteiger partial charge in [-0.3, -0.25) is 4.79 Å². The van der Waals surface area contributed by atoms with Gasteiger partial charge in [-0.15, -0.1) is 0 Å². The molecule has 3 heteroatoms. The van der Waals surface area contributed by atoms with Gasteiger partial charge in [-0.25, -0.2) is 0 Å². The zero-order valence-corrected chi connectivity index (χ0v) is 12.1. The average molecular weight is 282 g/mol. The molecule has 0 saturated heterocycles. The smallest absolute Gasteiger partial charge is 0.159 e. The minimum atomic E-state index is 0.115. The van der Waals surface area contributed by atoms with E-state index in [2.05, 4.69) is 6.07 Å². The third-order valence-corrected chi connectivity index (χ3v) is 3.70. The molecule has 0 amide bonds. The van der Waals surface area contributed by atoms with Crippen molar-refractivity contribution < 1.29 is 14.3 Å². The van der Waals surface area contributed by atoms with E-state index in [0.29, 0.717) is 0 Å². The molecule has 2 aliphatic heterocycles. The number of hydrogen-bond acceptors (Lipinski definition) is 3. The van der Waals surface area contributed by atoms with Crippen LogP contribution in [0.1, 0.15) is 28.4 Å². The number of carbonyl (C=O) groups is 1. The molecule has 2 aliphatic rings. The number of fused-ring (bicyclic) bond motifs is 2. The summed E-state index contributed by atoms with van der Waals surface area (Å²) in [6.07, 6.45) is 2.01. The number of ketones is 1. The Morgan fingerprint density at radius 1 is 0.905 bits per heavy atom. The van der Waals surface area contributed by atoms with Crippen LogP contribution in [0.15, 0.2) is 42.5 Å². The maximum Gasteiger partial charge on any atom is 0.159 e. The Morgan fingerprint density at radius 3 is 2.29 bits per heavy atom. The molecule has 21 heavy (non-hydrogen) atoms. The van der Waals surface area contributed by atoms with Crippen molar-refractivity contribution in [2.24, 2.45) is 0 Å². The van der Waals surface area contributed by atoms with Crippen molar-refractivity contribution in [3.05, 3.63) is 59.2 Å². The Hall–Kier alpha value is -2.29.